The van der Waals surface area contributed by atoms with E-state index < -0.39 is 0 Å². The van der Waals surface area contributed by atoms with Crippen LogP contribution in [-0.4, -0.2) is 36.6 Å². The first-order valence-electron chi connectivity index (χ1n) is 7.37. The van der Waals surface area contributed by atoms with Crippen LogP contribution in [0.5, 0.6) is 0 Å². The zero-order chi connectivity index (χ0) is 12.1. The monoisotopic (exact) mass is 236 g/mol. The number of likely N-dealkylation sites (N-methyl/N-ethyl adjacent to an activating group) is 1. The van der Waals surface area contributed by atoms with E-state index in [1.807, 2.05) is 0 Å². The molecule has 1 aliphatic carbocycles. The molecule has 0 bridgehead atoms. The van der Waals surface area contributed by atoms with Crippen molar-refractivity contribution in [2.75, 3.05) is 20.1 Å². The van der Waals surface area contributed by atoms with Crippen molar-refractivity contribution in [1.82, 2.24) is 10.2 Å². The van der Waals surface area contributed by atoms with Gasteiger partial charge in [-0.05, 0) is 52.2 Å². The van der Waals surface area contributed by atoms with Crippen LogP contribution in [-0.2, 0) is 0 Å². The summed E-state index contributed by atoms with van der Waals surface area (Å²) in [7, 11) is 2.12. The van der Waals surface area contributed by atoms with Crippen LogP contribution in [0.1, 0.15) is 51.4 Å². The number of piperidine rings is 1. The molecule has 0 amide bonds. The molecular formula is C15H28N2. The molecule has 0 radical (unpaired) electrons. The average Bonchev–Trinajstić information content (AvgIpc) is 2.87. The predicted molar refractivity (Wildman–Crippen MR) is 74.3 cm³/mol. The van der Waals surface area contributed by atoms with E-state index in [0.717, 1.165) is 6.42 Å². The largest absolute Gasteiger partial charge is 0.315 e. The van der Waals surface area contributed by atoms with Gasteiger partial charge in [-0.15, -0.1) is 6.58 Å². The number of hydrogen-bond acceptors (Lipinski definition) is 2. The normalized spacial score (nSPS) is 26.9. The van der Waals surface area contributed by atoms with Crippen molar-refractivity contribution in [1.29, 1.82) is 0 Å². The van der Waals surface area contributed by atoms with Gasteiger partial charge in [-0.3, -0.25) is 4.90 Å². The molecule has 2 aliphatic rings. The summed E-state index contributed by atoms with van der Waals surface area (Å²) in [5.41, 5.74) is 0.434. The third kappa shape index (κ3) is 2.58. The molecule has 1 N–H and O–H groups in total. The van der Waals surface area contributed by atoms with Gasteiger partial charge in [0.15, 0.2) is 0 Å². The Morgan fingerprint density at radius 1 is 1.18 bits per heavy atom. The Labute approximate surface area is 106 Å². The second-order valence-corrected chi connectivity index (χ2v) is 5.72. The van der Waals surface area contributed by atoms with E-state index in [2.05, 4.69) is 29.9 Å². The first kappa shape index (κ1) is 13.1. The van der Waals surface area contributed by atoms with Gasteiger partial charge in [0, 0.05) is 11.6 Å². The summed E-state index contributed by atoms with van der Waals surface area (Å²) in [6.45, 7) is 6.57. The molecule has 17 heavy (non-hydrogen) atoms. The van der Waals surface area contributed by atoms with E-state index in [0.29, 0.717) is 11.6 Å². The zero-order valence-corrected chi connectivity index (χ0v) is 11.4. The van der Waals surface area contributed by atoms with E-state index in [-0.39, 0.29) is 0 Å². The van der Waals surface area contributed by atoms with Crippen molar-refractivity contribution in [3.63, 3.8) is 0 Å². The molecule has 2 nitrogen and oxygen atoms in total. The van der Waals surface area contributed by atoms with Crippen LogP contribution in [0.4, 0.5) is 0 Å². The lowest BCUT2D eigenvalue weighted by atomic mass is 9.83. The van der Waals surface area contributed by atoms with Crippen molar-refractivity contribution in [2.45, 2.75) is 62.9 Å². The molecule has 0 aromatic carbocycles. The third-order valence-corrected chi connectivity index (χ3v) is 4.85. The number of likely N-dealkylation sites (tertiary alicyclic amines) is 1. The van der Waals surface area contributed by atoms with Crippen molar-refractivity contribution in [2.24, 2.45) is 0 Å². The first-order valence-corrected chi connectivity index (χ1v) is 7.37. The van der Waals surface area contributed by atoms with Gasteiger partial charge in [-0.2, -0.15) is 0 Å². The Kier molecular flexibility index (Phi) is 4.63. The number of hydrogen-bond donors (Lipinski definition) is 1. The smallest absolute Gasteiger partial charge is 0.0365 e. The molecule has 1 atom stereocenters. The lowest BCUT2D eigenvalue weighted by Gasteiger charge is -2.48. The van der Waals surface area contributed by atoms with Gasteiger partial charge >= 0.3 is 0 Å². The molecule has 0 aromatic rings. The second kappa shape index (κ2) is 6.01. The van der Waals surface area contributed by atoms with Gasteiger partial charge in [0.05, 0.1) is 0 Å². The lowest BCUT2D eigenvalue weighted by molar-refractivity contribution is 0.0397. The molecule has 1 saturated carbocycles. The van der Waals surface area contributed by atoms with E-state index >= 15 is 0 Å². The predicted octanol–water partition coefficient (Wildman–Crippen LogP) is 2.95. The van der Waals surface area contributed by atoms with Gasteiger partial charge in [0.2, 0.25) is 0 Å². The quantitative estimate of drug-likeness (QED) is 0.738. The molecule has 1 heterocycles. The molecule has 2 rings (SSSR count). The Morgan fingerprint density at radius 2 is 1.82 bits per heavy atom. The molecule has 1 aliphatic heterocycles. The maximum atomic E-state index is 3.94. The summed E-state index contributed by atoms with van der Waals surface area (Å²) in [5, 5.41) is 3.57. The Hall–Kier alpha value is -0.340. The highest BCUT2D eigenvalue weighted by atomic mass is 15.2. The average molecular weight is 236 g/mol. The molecule has 0 spiro atoms. The molecular weight excluding hydrogens is 208 g/mol. The first-order chi connectivity index (χ1) is 8.33. The van der Waals surface area contributed by atoms with Crippen molar-refractivity contribution < 1.29 is 0 Å². The number of nitrogens with one attached hydrogen (secondary N) is 1. The highest BCUT2D eigenvalue weighted by molar-refractivity contribution is 5.05. The summed E-state index contributed by atoms with van der Waals surface area (Å²) < 4.78 is 0. The van der Waals surface area contributed by atoms with Gasteiger partial charge < -0.3 is 5.32 Å². The van der Waals surface area contributed by atoms with Gasteiger partial charge in [-0.1, -0.05) is 25.3 Å². The minimum Gasteiger partial charge on any atom is -0.315 e. The summed E-state index contributed by atoms with van der Waals surface area (Å²) >= 11 is 0. The van der Waals surface area contributed by atoms with Crippen LogP contribution in [0.3, 0.4) is 0 Å². The minimum absolute atomic E-state index is 0.434. The van der Waals surface area contributed by atoms with Gasteiger partial charge in [0.1, 0.15) is 0 Å². The van der Waals surface area contributed by atoms with Crippen molar-refractivity contribution in [3.8, 4) is 0 Å². The Balaban J connectivity index is 2.14. The van der Waals surface area contributed by atoms with Crippen LogP contribution >= 0.6 is 0 Å². The van der Waals surface area contributed by atoms with Crippen LogP contribution in [0.2, 0.25) is 0 Å². The van der Waals surface area contributed by atoms with Gasteiger partial charge in [-0.25, -0.2) is 0 Å². The summed E-state index contributed by atoms with van der Waals surface area (Å²) in [6, 6.07) is 0.598. The van der Waals surface area contributed by atoms with Crippen LogP contribution < -0.4 is 5.32 Å². The maximum absolute atomic E-state index is 3.94. The molecule has 2 heteroatoms. The molecule has 0 aromatic heterocycles. The van der Waals surface area contributed by atoms with Crippen LogP contribution in [0, 0.1) is 0 Å². The molecule has 1 unspecified atom stereocenters. The van der Waals surface area contributed by atoms with Crippen molar-refractivity contribution in [3.05, 3.63) is 12.7 Å². The van der Waals surface area contributed by atoms with E-state index in [4.69, 9.17) is 0 Å². The lowest BCUT2D eigenvalue weighted by Crippen LogP contribution is -2.60. The van der Waals surface area contributed by atoms with Crippen LogP contribution in [0.15, 0.2) is 12.7 Å². The SMILES string of the molecule is C=CCC(NC)C1(N2CCCCC2)CCCC1. The highest BCUT2D eigenvalue weighted by Gasteiger charge is 2.44. The van der Waals surface area contributed by atoms with E-state index in [1.165, 1.54) is 58.0 Å². The van der Waals surface area contributed by atoms with E-state index in [9.17, 15) is 0 Å². The minimum atomic E-state index is 0.434. The fourth-order valence-corrected chi connectivity index (χ4v) is 3.98. The number of nitrogens with zero attached hydrogens (tertiary/aromatic N) is 1. The van der Waals surface area contributed by atoms with E-state index in [1.54, 1.807) is 0 Å². The summed E-state index contributed by atoms with van der Waals surface area (Å²) in [6.07, 6.45) is 13.0. The van der Waals surface area contributed by atoms with Gasteiger partial charge in [0.25, 0.3) is 0 Å². The molecule has 98 valence electrons. The molecule has 2 fully saturated rings. The Morgan fingerprint density at radius 3 is 2.35 bits per heavy atom. The maximum Gasteiger partial charge on any atom is 0.0365 e. The second-order valence-electron chi connectivity index (χ2n) is 5.72. The number of rotatable bonds is 5. The van der Waals surface area contributed by atoms with Crippen molar-refractivity contribution >= 4 is 0 Å². The Bertz CT molecular complexity index is 237. The fourth-order valence-electron chi connectivity index (χ4n) is 3.98. The fraction of sp³-hybridized carbons (Fsp3) is 0.867. The van der Waals surface area contributed by atoms with Crippen LogP contribution in [0.25, 0.3) is 0 Å². The topological polar surface area (TPSA) is 15.3 Å². The summed E-state index contributed by atoms with van der Waals surface area (Å²) in [4.78, 5) is 2.80. The molecule has 1 saturated heterocycles. The zero-order valence-electron chi connectivity index (χ0n) is 11.4. The summed E-state index contributed by atoms with van der Waals surface area (Å²) in [5.74, 6) is 0. The third-order valence-electron chi connectivity index (χ3n) is 4.85. The highest BCUT2D eigenvalue weighted by Crippen LogP contribution is 2.40. The standard InChI is InChI=1S/C15H28N2/c1-3-9-14(16-2)15(10-5-6-11-15)17-12-7-4-8-13-17/h3,14,16H,1,4-13H2,2H3.